The second-order valence-electron chi connectivity index (χ2n) is 7.82. The first-order valence-electron chi connectivity index (χ1n) is 10.8. The first-order valence-corrected chi connectivity index (χ1v) is 12.6. The van der Waals surface area contributed by atoms with E-state index in [1.807, 2.05) is 0 Å². The zero-order valence-corrected chi connectivity index (χ0v) is 19.0. The molecule has 1 nitrogen and oxygen atoms in total. The molecule has 1 atom stereocenters. The van der Waals surface area contributed by atoms with Gasteiger partial charge in [-0.3, -0.25) is 0 Å². The summed E-state index contributed by atoms with van der Waals surface area (Å²) in [5.74, 6) is 2.49. The van der Waals surface area contributed by atoms with Crippen LogP contribution in [0.15, 0.2) is 133 Å². The number of nitrogens with one attached hydrogen (secondary N) is 1. The summed E-state index contributed by atoms with van der Waals surface area (Å²) in [6.07, 6.45) is 0. The highest BCUT2D eigenvalue weighted by Crippen LogP contribution is 2.57. The van der Waals surface area contributed by atoms with Gasteiger partial charge in [-0.25, -0.2) is 0 Å². The maximum atomic E-state index is 3.75. The van der Waals surface area contributed by atoms with Crippen molar-refractivity contribution in [2.75, 3.05) is 0 Å². The molecule has 154 valence electrons. The van der Waals surface area contributed by atoms with Gasteiger partial charge in [0, 0.05) is 11.7 Å². The predicted octanol–water partition coefficient (Wildman–Crippen LogP) is 6.19. The Hall–Kier alpha value is -3.15. The van der Waals surface area contributed by atoms with E-state index in [2.05, 4.69) is 146 Å². The van der Waals surface area contributed by atoms with Crippen LogP contribution < -0.4 is 21.2 Å². The minimum Gasteiger partial charge on any atom is -0.379 e. The third-order valence-electron chi connectivity index (χ3n) is 5.62. The highest BCUT2D eigenvalue weighted by atomic mass is 31.2. The first-order chi connectivity index (χ1) is 15.2. The fourth-order valence-corrected chi connectivity index (χ4v) is 8.08. The van der Waals surface area contributed by atoms with Gasteiger partial charge in [0.15, 0.2) is 0 Å². The van der Waals surface area contributed by atoms with Gasteiger partial charge in [0.05, 0.1) is 5.82 Å². The molecular weight excluding hydrogens is 393 g/mol. The van der Waals surface area contributed by atoms with Crippen LogP contribution in [0.3, 0.4) is 0 Å². The maximum absolute atomic E-state index is 3.75. The van der Waals surface area contributed by atoms with Gasteiger partial charge in [0.2, 0.25) is 0 Å². The minimum atomic E-state index is -1.98. The molecule has 0 saturated carbocycles. The lowest BCUT2D eigenvalue weighted by atomic mass is 10.1. The molecule has 2 heteroatoms. The number of hydrogen-bond acceptors (Lipinski definition) is 1. The van der Waals surface area contributed by atoms with Crippen LogP contribution >= 0.6 is 7.26 Å². The molecule has 1 N–H and O–H groups in total. The fraction of sp³-hybridized carbons (Fsp3) is 0.103. The SMILES string of the molecule is C/C(=C\[P+](c1ccccc1)(c1ccccc1)c1ccccc1)N[C@H](C)c1ccccc1. The standard InChI is InChI=1S/C29H29NP/c1-24(30-25(2)26-15-7-3-8-16-26)23-31(27-17-9-4-10-18-27,28-19-11-5-12-20-28)29-21-13-6-14-22-29/h3-23,25,30H,1-2H3/q+1/b24-23+/t25-/m1/s1. The van der Waals surface area contributed by atoms with E-state index in [-0.39, 0.29) is 6.04 Å². The molecule has 0 spiro atoms. The van der Waals surface area contributed by atoms with E-state index in [0.29, 0.717) is 0 Å². The van der Waals surface area contributed by atoms with Gasteiger partial charge < -0.3 is 5.32 Å². The highest BCUT2D eigenvalue weighted by molar-refractivity contribution is 7.98. The van der Waals surface area contributed by atoms with E-state index in [1.165, 1.54) is 27.2 Å². The Morgan fingerprint density at radius 2 is 0.968 bits per heavy atom. The van der Waals surface area contributed by atoms with E-state index < -0.39 is 7.26 Å². The topological polar surface area (TPSA) is 12.0 Å². The van der Waals surface area contributed by atoms with E-state index in [9.17, 15) is 0 Å². The average Bonchev–Trinajstić information content (AvgIpc) is 2.85. The monoisotopic (exact) mass is 422 g/mol. The zero-order valence-electron chi connectivity index (χ0n) is 18.1. The second-order valence-corrected chi connectivity index (χ2v) is 11.1. The highest BCUT2D eigenvalue weighted by Gasteiger charge is 2.43. The maximum Gasteiger partial charge on any atom is 0.138 e. The summed E-state index contributed by atoms with van der Waals surface area (Å²) in [5, 5.41) is 7.84. The summed E-state index contributed by atoms with van der Waals surface area (Å²) in [6, 6.07) is 43.7. The molecular formula is C29H29NP+. The van der Waals surface area contributed by atoms with Crippen LogP contribution in [0.2, 0.25) is 0 Å². The first kappa shape index (κ1) is 21.1. The van der Waals surface area contributed by atoms with Gasteiger partial charge in [0.25, 0.3) is 0 Å². The number of hydrogen-bond donors (Lipinski definition) is 1. The molecule has 0 fully saturated rings. The number of rotatable bonds is 7. The van der Waals surface area contributed by atoms with Crippen molar-refractivity contribution < 1.29 is 0 Å². The lowest BCUT2D eigenvalue weighted by molar-refractivity contribution is 0.655. The van der Waals surface area contributed by atoms with Crippen LogP contribution in [0.4, 0.5) is 0 Å². The van der Waals surface area contributed by atoms with Gasteiger partial charge >= 0.3 is 0 Å². The second kappa shape index (κ2) is 9.77. The lowest BCUT2D eigenvalue weighted by Crippen LogP contribution is -2.30. The van der Waals surface area contributed by atoms with E-state index in [1.54, 1.807) is 0 Å². The van der Waals surface area contributed by atoms with Crippen LogP contribution in [-0.4, -0.2) is 0 Å². The fourth-order valence-electron chi connectivity index (χ4n) is 4.15. The molecule has 4 aromatic rings. The quantitative estimate of drug-likeness (QED) is 0.350. The molecule has 0 aromatic heterocycles. The van der Waals surface area contributed by atoms with Gasteiger partial charge in [-0.1, -0.05) is 84.9 Å². The molecule has 0 aliphatic rings. The van der Waals surface area contributed by atoms with Crippen molar-refractivity contribution in [1.29, 1.82) is 0 Å². The van der Waals surface area contributed by atoms with Gasteiger partial charge in [-0.05, 0) is 55.8 Å². The van der Waals surface area contributed by atoms with Crippen molar-refractivity contribution in [3.8, 4) is 0 Å². The van der Waals surface area contributed by atoms with E-state index in [0.717, 1.165) is 0 Å². The normalized spacial score (nSPS) is 12.9. The van der Waals surface area contributed by atoms with Crippen molar-refractivity contribution in [3.05, 3.63) is 138 Å². The Bertz CT molecular complexity index is 1010. The van der Waals surface area contributed by atoms with Crippen molar-refractivity contribution in [2.24, 2.45) is 0 Å². The molecule has 0 saturated heterocycles. The Morgan fingerprint density at radius 1 is 0.613 bits per heavy atom. The van der Waals surface area contributed by atoms with Crippen molar-refractivity contribution >= 4 is 23.2 Å². The summed E-state index contributed by atoms with van der Waals surface area (Å²) < 4.78 is 0. The summed E-state index contributed by atoms with van der Waals surface area (Å²) in [4.78, 5) is 0. The van der Waals surface area contributed by atoms with Crippen LogP contribution in [0.5, 0.6) is 0 Å². The largest absolute Gasteiger partial charge is 0.379 e. The van der Waals surface area contributed by atoms with Gasteiger partial charge in [0.1, 0.15) is 23.2 Å². The average molecular weight is 423 g/mol. The summed E-state index contributed by atoms with van der Waals surface area (Å²) in [6.45, 7) is 4.42. The summed E-state index contributed by atoms with van der Waals surface area (Å²) in [7, 11) is -1.98. The van der Waals surface area contributed by atoms with Gasteiger partial charge in [-0.15, -0.1) is 0 Å². The Labute approximate surface area is 186 Å². The van der Waals surface area contributed by atoms with Crippen molar-refractivity contribution in [3.63, 3.8) is 0 Å². The molecule has 31 heavy (non-hydrogen) atoms. The number of allylic oxidation sites excluding steroid dienone is 1. The summed E-state index contributed by atoms with van der Waals surface area (Å²) >= 11 is 0. The van der Waals surface area contributed by atoms with Crippen LogP contribution in [0, 0.1) is 0 Å². The Morgan fingerprint density at radius 3 is 1.35 bits per heavy atom. The lowest BCUT2D eigenvalue weighted by Gasteiger charge is -2.26. The molecule has 0 heterocycles. The smallest absolute Gasteiger partial charge is 0.138 e. The Balaban J connectivity index is 1.87. The molecule has 4 rings (SSSR count). The van der Waals surface area contributed by atoms with Crippen molar-refractivity contribution in [2.45, 2.75) is 19.9 Å². The minimum absolute atomic E-state index is 0.238. The number of benzene rings is 4. The van der Waals surface area contributed by atoms with Gasteiger partial charge in [-0.2, -0.15) is 0 Å². The molecule has 0 bridgehead atoms. The molecule has 0 amide bonds. The molecule has 0 unspecified atom stereocenters. The molecule has 0 aliphatic heterocycles. The molecule has 0 radical (unpaired) electrons. The van der Waals surface area contributed by atoms with Crippen LogP contribution in [0.25, 0.3) is 0 Å². The molecule has 4 aromatic carbocycles. The van der Waals surface area contributed by atoms with E-state index in [4.69, 9.17) is 0 Å². The van der Waals surface area contributed by atoms with Crippen LogP contribution in [-0.2, 0) is 0 Å². The van der Waals surface area contributed by atoms with Crippen molar-refractivity contribution in [1.82, 2.24) is 5.32 Å². The molecule has 0 aliphatic carbocycles. The Kier molecular flexibility index (Phi) is 6.65. The zero-order chi connectivity index (χ0) is 21.5. The van der Waals surface area contributed by atoms with Crippen LogP contribution in [0.1, 0.15) is 25.5 Å². The van der Waals surface area contributed by atoms with E-state index >= 15 is 0 Å². The third kappa shape index (κ3) is 4.63. The summed E-state index contributed by atoms with van der Waals surface area (Å²) in [5.41, 5.74) is 2.49. The third-order valence-corrected chi connectivity index (χ3v) is 9.73. The predicted molar refractivity (Wildman–Crippen MR) is 137 cm³/mol.